The minimum atomic E-state index is -0.130. The number of fused-ring (bicyclic) bond motifs is 2. The number of aromatic amines is 1. The van der Waals surface area contributed by atoms with Crippen molar-refractivity contribution in [3.63, 3.8) is 0 Å². The van der Waals surface area contributed by atoms with Crippen molar-refractivity contribution in [3.8, 4) is 0 Å². The first-order chi connectivity index (χ1) is 14.2. The minimum Gasteiger partial charge on any atom is -0.312 e. The molecule has 2 heterocycles. The number of amides is 1. The second-order valence-corrected chi connectivity index (χ2v) is 8.33. The largest absolute Gasteiger partial charge is 0.312 e. The van der Waals surface area contributed by atoms with E-state index in [0.717, 1.165) is 55.4 Å². The van der Waals surface area contributed by atoms with Crippen molar-refractivity contribution < 1.29 is 4.79 Å². The normalized spacial score (nSPS) is 21.3. The lowest BCUT2D eigenvalue weighted by Gasteiger charge is -2.29. The summed E-state index contributed by atoms with van der Waals surface area (Å²) >= 11 is 0. The van der Waals surface area contributed by atoms with Gasteiger partial charge in [-0.3, -0.25) is 9.59 Å². The van der Waals surface area contributed by atoms with E-state index in [0.29, 0.717) is 23.6 Å². The summed E-state index contributed by atoms with van der Waals surface area (Å²) in [7, 11) is 0. The molecule has 3 aromatic rings. The average Bonchev–Trinajstić information content (AvgIpc) is 3.19. The quantitative estimate of drug-likeness (QED) is 0.733. The third-order valence-corrected chi connectivity index (χ3v) is 6.61. The summed E-state index contributed by atoms with van der Waals surface area (Å²) in [5, 5.41) is 8.73. The fraction of sp³-hybridized carbons (Fsp3) is 0.375. The van der Waals surface area contributed by atoms with Crippen molar-refractivity contribution in [1.29, 1.82) is 0 Å². The topological polar surface area (TPSA) is 66.1 Å². The number of nitrogens with zero attached hydrogens (tertiary/aromatic N) is 2. The third kappa shape index (κ3) is 3.35. The van der Waals surface area contributed by atoms with Gasteiger partial charge in [0, 0.05) is 30.0 Å². The molecule has 1 N–H and O–H groups in total. The van der Waals surface area contributed by atoms with E-state index < -0.39 is 0 Å². The van der Waals surface area contributed by atoms with Gasteiger partial charge in [-0.15, -0.1) is 0 Å². The number of rotatable bonds is 3. The average molecular weight is 387 g/mol. The first-order valence-electron chi connectivity index (χ1n) is 10.6. The Hall–Kier alpha value is -2.95. The summed E-state index contributed by atoms with van der Waals surface area (Å²) in [6.45, 7) is 0.806. The van der Waals surface area contributed by atoms with Gasteiger partial charge in [0.05, 0.1) is 11.1 Å². The number of benzene rings is 2. The standard InChI is InChI=1S/C24H25N3O2/c28-22(27-14-13-17-5-1-4-8-21(17)27)15-16-9-11-18(12-10-16)23-19-6-2-3-7-20(19)24(29)26-25-23/h1-8,16,18H,9-15H2,(H,26,29). The molecule has 5 nitrogen and oxygen atoms in total. The van der Waals surface area contributed by atoms with Crippen molar-refractivity contribution in [2.45, 2.75) is 44.4 Å². The second kappa shape index (κ2) is 7.47. The zero-order chi connectivity index (χ0) is 19.8. The van der Waals surface area contributed by atoms with E-state index in [-0.39, 0.29) is 11.5 Å². The molecule has 0 saturated heterocycles. The molecule has 148 valence electrons. The van der Waals surface area contributed by atoms with Crippen molar-refractivity contribution in [1.82, 2.24) is 10.2 Å². The number of hydrogen-bond acceptors (Lipinski definition) is 3. The molecular formula is C24H25N3O2. The second-order valence-electron chi connectivity index (χ2n) is 8.33. The van der Waals surface area contributed by atoms with E-state index in [4.69, 9.17) is 0 Å². The van der Waals surface area contributed by atoms with Gasteiger partial charge in [0.2, 0.25) is 5.91 Å². The molecule has 29 heavy (non-hydrogen) atoms. The Kier molecular flexibility index (Phi) is 4.66. The molecule has 0 bridgehead atoms. The molecule has 5 heteroatoms. The zero-order valence-electron chi connectivity index (χ0n) is 16.4. The Balaban J connectivity index is 1.25. The van der Waals surface area contributed by atoms with Gasteiger partial charge in [-0.25, -0.2) is 5.10 Å². The molecule has 5 rings (SSSR count). The number of anilines is 1. The van der Waals surface area contributed by atoms with Crippen LogP contribution in [0.2, 0.25) is 0 Å². The van der Waals surface area contributed by atoms with Crippen LogP contribution in [0.1, 0.15) is 49.3 Å². The summed E-state index contributed by atoms with van der Waals surface area (Å²) < 4.78 is 0. The number of nitrogens with one attached hydrogen (secondary N) is 1. The number of hydrogen-bond donors (Lipinski definition) is 1. The highest BCUT2D eigenvalue weighted by atomic mass is 16.2. The molecule has 2 aromatic carbocycles. The molecule has 1 saturated carbocycles. The number of carbonyl (C=O) groups excluding carboxylic acids is 1. The molecule has 0 atom stereocenters. The third-order valence-electron chi connectivity index (χ3n) is 6.61. The molecule has 1 aromatic heterocycles. The molecule has 0 radical (unpaired) electrons. The number of carbonyl (C=O) groups is 1. The smallest absolute Gasteiger partial charge is 0.272 e. The Morgan fingerprint density at radius 1 is 1.00 bits per heavy atom. The van der Waals surface area contributed by atoms with Gasteiger partial charge in [-0.05, 0) is 55.7 Å². The Morgan fingerprint density at radius 3 is 2.55 bits per heavy atom. The molecular weight excluding hydrogens is 362 g/mol. The molecule has 0 spiro atoms. The summed E-state index contributed by atoms with van der Waals surface area (Å²) in [6, 6.07) is 15.9. The van der Waals surface area contributed by atoms with Crippen LogP contribution in [0.5, 0.6) is 0 Å². The van der Waals surface area contributed by atoms with Crippen molar-refractivity contribution in [2.75, 3.05) is 11.4 Å². The highest BCUT2D eigenvalue weighted by Crippen LogP contribution is 2.39. The lowest BCUT2D eigenvalue weighted by molar-refractivity contribution is -0.119. The molecule has 1 aliphatic heterocycles. The van der Waals surface area contributed by atoms with E-state index >= 15 is 0 Å². The number of aromatic nitrogens is 2. The Morgan fingerprint density at radius 2 is 1.72 bits per heavy atom. The maximum Gasteiger partial charge on any atom is 0.272 e. The zero-order valence-corrected chi connectivity index (χ0v) is 16.4. The van der Waals surface area contributed by atoms with E-state index in [9.17, 15) is 9.59 Å². The van der Waals surface area contributed by atoms with Gasteiger partial charge >= 0.3 is 0 Å². The van der Waals surface area contributed by atoms with Gasteiger partial charge in [0.25, 0.3) is 5.56 Å². The Bertz CT molecular complexity index is 1110. The summed E-state index contributed by atoms with van der Waals surface area (Å²) in [5.41, 5.74) is 3.24. The minimum absolute atomic E-state index is 0.130. The van der Waals surface area contributed by atoms with E-state index in [1.165, 1.54) is 5.56 Å². The van der Waals surface area contributed by atoms with E-state index in [1.54, 1.807) is 0 Å². The van der Waals surface area contributed by atoms with Gasteiger partial charge in [-0.2, -0.15) is 5.10 Å². The van der Waals surface area contributed by atoms with Crippen LogP contribution < -0.4 is 10.5 Å². The van der Waals surface area contributed by atoms with Crippen LogP contribution in [0.25, 0.3) is 10.8 Å². The van der Waals surface area contributed by atoms with Crippen LogP contribution in [-0.2, 0) is 11.2 Å². The van der Waals surface area contributed by atoms with Gasteiger partial charge in [0.15, 0.2) is 0 Å². The van der Waals surface area contributed by atoms with Crippen molar-refractivity contribution >= 4 is 22.4 Å². The predicted molar refractivity (Wildman–Crippen MR) is 114 cm³/mol. The number of para-hydroxylation sites is 1. The van der Waals surface area contributed by atoms with Gasteiger partial charge < -0.3 is 4.90 Å². The predicted octanol–water partition coefficient (Wildman–Crippen LogP) is 4.18. The van der Waals surface area contributed by atoms with Crippen LogP contribution in [0.15, 0.2) is 53.3 Å². The SMILES string of the molecule is O=C(CC1CCC(c2n[nH]c(=O)c3ccccc23)CC1)N1CCc2ccccc21. The molecule has 1 fully saturated rings. The molecule has 1 aliphatic carbocycles. The van der Waals surface area contributed by atoms with Crippen LogP contribution in [-0.4, -0.2) is 22.6 Å². The highest BCUT2D eigenvalue weighted by Gasteiger charge is 2.30. The van der Waals surface area contributed by atoms with E-state index in [2.05, 4.69) is 22.3 Å². The maximum atomic E-state index is 12.9. The first kappa shape index (κ1) is 18.1. The lowest BCUT2D eigenvalue weighted by Crippen LogP contribution is -2.31. The van der Waals surface area contributed by atoms with Crippen LogP contribution in [0.3, 0.4) is 0 Å². The highest BCUT2D eigenvalue weighted by molar-refractivity contribution is 5.95. The monoisotopic (exact) mass is 387 g/mol. The van der Waals surface area contributed by atoms with Crippen LogP contribution in [0, 0.1) is 5.92 Å². The summed E-state index contributed by atoms with van der Waals surface area (Å²) in [6.07, 6.45) is 5.66. The molecule has 0 unspecified atom stereocenters. The lowest BCUT2D eigenvalue weighted by atomic mass is 9.78. The first-order valence-corrected chi connectivity index (χ1v) is 10.6. The fourth-order valence-corrected chi connectivity index (χ4v) is 5.04. The molecule has 2 aliphatic rings. The van der Waals surface area contributed by atoms with Crippen molar-refractivity contribution in [3.05, 3.63) is 70.1 Å². The van der Waals surface area contributed by atoms with Gasteiger partial charge in [0.1, 0.15) is 0 Å². The Labute approximate surface area is 169 Å². The van der Waals surface area contributed by atoms with E-state index in [1.807, 2.05) is 41.3 Å². The molecule has 1 amide bonds. The van der Waals surface area contributed by atoms with Crippen LogP contribution >= 0.6 is 0 Å². The van der Waals surface area contributed by atoms with Crippen LogP contribution in [0.4, 0.5) is 5.69 Å². The summed E-state index contributed by atoms with van der Waals surface area (Å²) in [5.74, 6) is 1.03. The fourth-order valence-electron chi connectivity index (χ4n) is 5.04. The van der Waals surface area contributed by atoms with Gasteiger partial charge in [-0.1, -0.05) is 36.4 Å². The van der Waals surface area contributed by atoms with Crippen molar-refractivity contribution in [2.24, 2.45) is 5.92 Å². The maximum absolute atomic E-state index is 12.9. The number of H-pyrrole nitrogens is 1. The summed E-state index contributed by atoms with van der Waals surface area (Å²) in [4.78, 5) is 26.9.